The molecule has 3 aromatic rings. The van der Waals surface area contributed by atoms with E-state index >= 15 is 0 Å². The van der Waals surface area contributed by atoms with Crippen molar-refractivity contribution in [1.29, 1.82) is 0 Å². The molecule has 0 radical (unpaired) electrons. The van der Waals surface area contributed by atoms with Gasteiger partial charge in [-0.25, -0.2) is 0 Å². The monoisotopic (exact) mass is 397 g/mol. The number of amides is 1. The van der Waals surface area contributed by atoms with Crippen LogP contribution >= 0.6 is 11.6 Å². The Morgan fingerprint density at radius 2 is 1.93 bits per heavy atom. The number of H-pyrrole nitrogens is 1. The van der Waals surface area contributed by atoms with Gasteiger partial charge in [0.05, 0.1) is 30.0 Å². The van der Waals surface area contributed by atoms with Gasteiger partial charge in [-0.05, 0) is 43.7 Å². The van der Waals surface area contributed by atoms with E-state index < -0.39 is 5.41 Å². The van der Waals surface area contributed by atoms with Gasteiger partial charge < -0.3 is 19.9 Å². The van der Waals surface area contributed by atoms with E-state index in [1.807, 2.05) is 62.5 Å². The van der Waals surface area contributed by atoms with Crippen molar-refractivity contribution in [3.63, 3.8) is 0 Å². The Morgan fingerprint density at radius 3 is 2.71 bits per heavy atom. The van der Waals surface area contributed by atoms with Crippen LogP contribution in [-0.4, -0.2) is 37.2 Å². The number of carbonyl (C=O) groups is 1. The number of benzene rings is 2. The highest BCUT2D eigenvalue weighted by Gasteiger charge is 2.33. The first-order chi connectivity index (χ1) is 13.5. The molecule has 2 aromatic carbocycles. The summed E-state index contributed by atoms with van der Waals surface area (Å²) in [4.78, 5) is 18.8. The van der Waals surface area contributed by atoms with E-state index in [2.05, 4.69) is 15.2 Å². The van der Waals surface area contributed by atoms with Crippen LogP contribution in [0.15, 0.2) is 48.7 Å². The Bertz CT molecular complexity index is 1010. The minimum absolute atomic E-state index is 0.0518. The largest absolute Gasteiger partial charge is 0.378 e. The van der Waals surface area contributed by atoms with Gasteiger partial charge in [-0.15, -0.1) is 0 Å². The van der Waals surface area contributed by atoms with Gasteiger partial charge >= 0.3 is 0 Å². The van der Waals surface area contributed by atoms with E-state index in [1.54, 1.807) is 0 Å². The Kier molecular flexibility index (Phi) is 5.04. The maximum absolute atomic E-state index is 13.3. The standard InChI is InChI=1S/C22H24ClN3O2/c1-22(2,17-14-24-19-13-15(23)7-8-16(17)19)21(27)25-18-5-3-4-6-20(18)26-9-11-28-12-10-26/h3-8,13-14,24H,9-12H2,1-2H3,(H,25,27). The molecule has 0 saturated carbocycles. The maximum Gasteiger partial charge on any atom is 0.234 e. The summed E-state index contributed by atoms with van der Waals surface area (Å²) >= 11 is 6.09. The second-order valence-corrected chi connectivity index (χ2v) is 8.02. The fraction of sp³-hybridized carbons (Fsp3) is 0.318. The molecule has 0 unspecified atom stereocenters. The minimum atomic E-state index is -0.718. The maximum atomic E-state index is 13.3. The molecule has 2 heterocycles. The molecular weight excluding hydrogens is 374 g/mol. The molecule has 1 fully saturated rings. The number of nitrogens with one attached hydrogen (secondary N) is 2. The lowest BCUT2D eigenvalue weighted by Gasteiger charge is -2.31. The molecule has 0 bridgehead atoms. The van der Waals surface area contributed by atoms with Crippen molar-refractivity contribution >= 4 is 39.8 Å². The number of hydrogen-bond acceptors (Lipinski definition) is 3. The molecule has 0 spiro atoms. The quantitative estimate of drug-likeness (QED) is 0.677. The number of para-hydroxylation sites is 2. The van der Waals surface area contributed by atoms with Crippen molar-refractivity contribution in [2.45, 2.75) is 19.3 Å². The molecule has 1 saturated heterocycles. The number of fused-ring (bicyclic) bond motifs is 1. The number of aromatic nitrogens is 1. The second-order valence-electron chi connectivity index (χ2n) is 7.59. The summed E-state index contributed by atoms with van der Waals surface area (Å²) < 4.78 is 5.45. The molecule has 4 rings (SSSR count). The van der Waals surface area contributed by atoms with Crippen LogP contribution in [-0.2, 0) is 14.9 Å². The van der Waals surface area contributed by atoms with Crippen molar-refractivity contribution in [1.82, 2.24) is 4.98 Å². The van der Waals surface area contributed by atoms with Gasteiger partial charge in [0.1, 0.15) is 0 Å². The van der Waals surface area contributed by atoms with Gasteiger partial charge in [-0.1, -0.05) is 29.8 Å². The summed E-state index contributed by atoms with van der Waals surface area (Å²) in [6.45, 7) is 6.92. The molecule has 6 heteroatoms. The van der Waals surface area contributed by atoms with Crippen LogP contribution in [0.5, 0.6) is 0 Å². The zero-order valence-corrected chi connectivity index (χ0v) is 16.8. The van der Waals surface area contributed by atoms with Crippen molar-refractivity contribution in [2.24, 2.45) is 0 Å². The van der Waals surface area contributed by atoms with E-state index in [0.717, 1.165) is 40.9 Å². The van der Waals surface area contributed by atoms with Gasteiger partial charge in [0, 0.05) is 35.2 Å². The number of morpholine rings is 1. The van der Waals surface area contributed by atoms with Gasteiger partial charge in [-0.2, -0.15) is 0 Å². The zero-order chi connectivity index (χ0) is 19.7. The van der Waals surface area contributed by atoms with Crippen molar-refractivity contribution in [2.75, 3.05) is 36.5 Å². The number of aromatic amines is 1. The highest BCUT2D eigenvalue weighted by atomic mass is 35.5. The second kappa shape index (κ2) is 7.49. The summed E-state index contributed by atoms with van der Waals surface area (Å²) in [5, 5.41) is 4.83. The average molecular weight is 398 g/mol. The van der Waals surface area contributed by atoms with Crippen LogP contribution in [0.1, 0.15) is 19.4 Å². The van der Waals surface area contributed by atoms with Gasteiger partial charge in [-0.3, -0.25) is 4.79 Å². The molecule has 2 N–H and O–H groups in total. The Labute approximate surface area is 169 Å². The third-order valence-corrected chi connectivity index (χ3v) is 5.62. The SMILES string of the molecule is CC(C)(C(=O)Nc1ccccc1N1CCOCC1)c1c[nH]c2cc(Cl)ccc12. The molecular formula is C22H24ClN3O2. The van der Waals surface area contributed by atoms with Crippen LogP contribution in [0.2, 0.25) is 5.02 Å². The summed E-state index contributed by atoms with van der Waals surface area (Å²) in [7, 11) is 0. The van der Waals surface area contributed by atoms with Gasteiger partial charge in [0.25, 0.3) is 0 Å². The Balaban J connectivity index is 1.62. The molecule has 146 valence electrons. The van der Waals surface area contributed by atoms with E-state index in [0.29, 0.717) is 18.2 Å². The number of carbonyl (C=O) groups excluding carboxylic acids is 1. The fourth-order valence-electron chi connectivity index (χ4n) is 3.68. The number of halogens is 1. The molecule has 1 aromatic heterocycles. The number of ether oxygens (including phenoxy) is 1. The lowest BCUT2D eigenvalue weighted by molar-refractivity contribution is -0.120. The highest BCUT2D eigenvalue weighted by Crippen LogP contribution is 2.34. The van der Waals surface area contributed by atoms with E-state index in [9.17, 15) is 4.79 Å². The topological polar surface area (TPSA) is 57.4 Å². The van der Waals surface area contributed by atoms with Crippen LogP contribution in [0, 0.1) is 0 Å². The third kappa shape index (κ3) is 3.48. The average Bonchev–Trinajstić information content (AvgIpc) is 3.13. The third-order valence-electron chi connectivity index (χ3n) is 5.39. The fourth-order valence-corrected chi connectivity index (χ4v) is 3.85. The minimum Gasteiger partial charge on any atom is -0.378 e. The van der Waals surface area contributed by atoms with Gasteiger partial charge in [0.15, 0.2) is 0 Å². The molecule has 1 amide bonds. The lowest BCUT2D eigenvalue weighted by atomic mass is 9.83. The van der Waals surface area contributed by atoms with Crippen molar-refractivity contribution in [3.05, 3.63) is 59.2 Å². The summed E-state index contributed by atoms with van der Waals surface area (Å²) in [6.07, 6.45) is 1.90. The normalized spacial score (nSPS) is 15.0. The van der Waals surface area contributed by atoms with Crippen LogP contribution in [0.25, 0.3) is 10.9 Å². The molecule has 0 aliphatic carbocycles. The molecule has 0 atom stereocenters. The van der Waals surface area contributed by atoms with E-state index in [4.69, 9.17) is 16.3 Å². The molecule has 5 nitrogen and oxygen atoms in total. The van der Waals surface area contributed by atoms with Gasteiger partial charge in [0.2, 0.25) is 5.91 Å². The highest BCUT2D eigenvalue weighted by molar-refractivity contribution is 6.31. The summed E-state index contributed by atoms with van der Waals surface area (Å²) in [6, 6.07) is 13.6. The first kappa shape index (κ1) is 18.8. The van der Waals surface area contributed by atoms with E-state index in [-0.39, 0.29) is 5.91 Å². The molecule has 28 heavy (non-hydrogen) atoms. The zero-order valence-electron chi connectivity index (χ0n) is 16.1. The van der Waals surface area contributed by atoms with Crippen molar-refractivity contribution in [3.8, 4) is 0 Å². The molecule has 1 aliphatic rings. The summed E-state index contributed by atoms with van der Waals surface area (Å²) in [5.41, 5.74) is 3.01. The number of nitrogens with zero attached hydrogens (tertiary/aromatic N) is 1. The first-order valence-corrected chi connectivity index (χ1v) is 9.85. The van der Waals surface area contributed by atoms with Crippen molar-refractivity contribution < 1.29 is 9.53 Å². The first-order valence-electron chi connectivity index (χ1n) is 9.47. The smallest absolute Gasteiger partial charge is 0.234 e. The molecule has 1 aliphatic heterocycles. The lowest BCUT2D eigenvalue weighted by Crippen LogP contribution is -2.38. The number of anilines is 2. The van der Waals surface area contributed by atoms with Crippen LogP contribution < -0.4 is 10.2 Å². The predicted molar refractivity (Wildman–Crippen MR) is 114 cm³/mol. The Morgan fingerprint density at radius 1 is 1.18 bits per heavy atom. The number of hydrogen-bond donors (Lipinski definition) is 2. The van der Waals surface area contributed by atoms with Crippen LogP contribution in [0.4, 0.5) is 11.4 Å². The Hall–Kier alpha value is -2.50. The summed E-state index contributed by atoms with van der Waals surface area (Å²) in [5.74, 6) is -0.0518. The van der Waals surface area contributed by atoms with E-state index in [1.165, 1.54) is 0 Å². The van der Waals surface area contributed by atoms with Crippen LogP contribution in [0.3, 0.4) is 0 Å². The predicted octanol–water partition coefficient (Wildman–Crippen LogP) is 4.57. The number of rotatable bonds is 4.